The Labute approximate surface area is 170 Å². The highest BCUT2D eigenvalue weighted by molar-refractivity contribution is 5.85. The molecule has 1 heterocycles. The van der Waals surface area contributed by atoms with Crippen molar-refractivity contribution in [2.45, 2.75) is 56.5 Å². The lowest BCUT2D eigenvalue weighted by molar-refractivity contribution is 0.00722. The lowest BCUT2D eigenvalue weighted by Gasteiger charge is -2.18. The average molecular weight is 419 g/mol. The molecule has 27 heavy (non-hydrogen) atoms. The van der Waals surface area contributed by atoms with Gasteiger partial charge in [0.15, 0.2) is 0 Å². The highest BCUT2D eigenvalue weighted by atomic mass is 35.5. The van der Waals surface area contributed by atoms with Crippen LogP contribution in [-0.4, -0.2) is 43.5 Å². The average Bonchev–Trinajstić information content (AvgIpc) is 3.31. The summed E-state index contributed by atoms with van der Waals surface area (Å²) in [7, 11) is 0. The van der Waals surface area contributed by atoms with Crippen LogP contribution in [0.25, 0.3) is 0 Å². The summed E-state index contributed by atoms with van der Waals surface area (Å²) in [5, 5.41) is 32.3. The topological polar surface area (TPSA) is 83.2 Å². The smallest absolute Gasteiger partial charge is 0.123 e. The summed E-state index contributed by atoms with van der Waals surface area (Å²) >= 11 is 0. The molecule has 2 aromatic rings. The summed E-state index contributed by atoms with van der Waals surface area (Å²) in [6, 6.07) is 6.07. The molecule has 2 aliphatic carbocycles. The van der Waals surface area contributed by atoms with Crippen LogP contribution in [0.2, 0.25) is 0 Å². The molecule has 2 aliphatic rings. The van der Waals surface area contributed by atoms with E-state index in [4.69, 9.17) is 0 Å². The molecule has 2 saturated carbocycles. The highest BCUT2D eigenvalue weighted by Gasteiger charge is 2.41. The molecule has 0 bridgehead atoms. The van der Waals surface area contributed by atoms with Crippen molar-refractivity contribution >= 4 is 24.8 Å². The summed E-state index contributed by atoms with van der Waals surface area (Å²) < 4.78 is 14.7. The summed E-state index contributed by atoms with van der Waals surface area (Å²) in [6.07, 6.45) is 3.35. The van der Waals surface area contributed by atoms with Gasteiger partial charge in [0.2, 0.25) is 0 Å². The number of benzene rings is 1. The van der Waals surface area contributed by atoms with Crippen molar-refractivity contribution in [1.82, 2.24) is 20.3 Å². The van der Waals surface area contributed by atoms with E-state index in [1.165, 1.54) is 25.0 Å². The molecule has 4 rings (SSSR count). The van der Waals surface area contributed by atoms with Gasteiger partial charge in [-0.2, -0.15) is 0 Å². The van der Waals surface area contributed by atoms with Gasteiger partial charge < -0.3 is 15.5 Å². The first kappa shape index (κ1) is 22.0. The fraction of sp³-hybridized carbons (Fsp3) is 0.556. The van der Waals surface area contributed by atoms with E-state index in [0.29, 0.717) is 25.4 Å². The summed E-state index contributed by atoms with van der Waals surface area (Å²) in [5.74, 6) is 0.214. The molecule has 150 valence electrons. The predicted octanol–water partition coefficient (Wildman–Crippen LogP) is 2.04. The first-order valence-electron chi connectivity index (χ1n) is 8.84. The maximum atomic E-state index is 12.9. The molecule has 1 aromatic carbocycles. The van der Waals surface area contributed by atoms with Crippen molar-refractivity contribution in [1.29, 1.82) is 0 Å². The Balaban J connectivity index is 0.00000131. The van der Waals surface area contributed by atoms with Crippen LogP contribution in [0.5, 0.6) is 0 Å². The monoisotopic (exact) mass is 418 g/mol. The maximum absolute atomic E-state index is 12.9. The van der Waals surface area contributed by atoms with Gasteiger partial charge in [-0.3, -0.25) is 4.68 Å². The van der Waals surface area contributed by atoms with Gasteiger partial charge in [-0.15, -0.1) is 29.9 Å². The number of aromatic nitrogens is 3. The van der Waals surface area contributed by atoms with E-state index >= 15 is 0 Å². The minimum atomic E-state index is -0.822. The lowest BCUT2D eigenvalue weighted by Crippen LogP contribution is -2.39. The van der Waals surface area contributed by atoms with Crippen LogP contribution in [0.1, 0.15) is 36.4 Å². The maximum Gasteiger partial charge on any atom is 0.123 e. The Morgan fingerprint density at radius 1 is 1.11 bits per heavy atom. The standard InChI is InChI=1S/C18H23FN4O2.2ClH/c19-14-5-1-11(2-6-14)8-20-15-7-13(17(24)18(15)25)9-23-10-16(21-22-23)12-3-4-12;;/h1-2,5-6,10,12-13,15,17-18,20,24-25H,3-4,7-9H2;2*1H/t13-,15-,17-,18+;;/m1../s1. The zero-order valence-corrected chi connectivity index (χ0v) is 16.4. The molecule has 1 aromatic heterocycles. The fourth-order valence-electron chi connectivity index (χ4n) is 3.57. The Morgan fingerprint density at radius 2 is 1.81 bits per heavy atom. The second kappa shape index (κ2) is 9.30. The van der Waals surface area contributed by atoms with E-state index in [1.54, 1.807) is 16.8 Å². The molecule has 9 heteroatoms. The van der Waals surface area contributed by atoms with E-state index in [0.717, 1.165) is 11.3 Å². The number of nitrogens with one attached hydrogen (secondary N) is 1. The van der Waals surface area contributed by atoms with Crippen molar-refractivity contribution in [2.24, 2.45) is 5.92 Å². The van der Waals surface area contributed by atoms with Crippen LogP contribution in [0.4, 0.5) is 4.39 Å². The minimum Gasteiger partial charge on any atom is -0.390 e. The molecular formula is C18H25Cl2FN4O2. The minimum absolute atomic E-state index is 0. The number of rotatable bonds is 6. The predicted molar refractivity (Wildman–Crippen MR) is 104 cm³/mol. The molecule has 0 spiro atoms. The van der Waals surface area contributed by atoms with Crippen LogP contribution in [0.15, 0.2) is 30.5 Å². The number of hydrogen-bond donors (Lipinski definition) is 3. The van der Waals surface area contributed by atoms with Gasteiger partial charge in [0.25, 0.3) is 0 Å². The van der Waals surface area contributed by atoms with Crippen LogP contribution >= 0.6 is 24.8 Å². The Hall–Kier alpha value is -1.25. The number of hydrogen-bond acceptors (Lipinski definition) is 5. The first-order valence-corrected chi connectivity index (χ1v) is 8.84. The van der Waals surface area contributed by atoms with Crippen molar-refractivity contribution in [2.75, 3.05) is 0 Å². The Morgan fingerprint density at radius 3 is 2.48 bits per heavy atom. The normalized spacial score (nSPS) is 27.1. The second-order valence-electron chi connectivity index (χ2n) is 7.23. The van der Waals surface area contributed by atoms with Gasteiger partial charge in [0, 0.05) is 37.2 Å². The van der Waals surface area contributed by atoms with E-state index < -0.39 is 12.2 Å². The molecule has 0 unspecified atom stereocenters. The molecule has 3 N–H and O–H groups in total. The third-order valence-electron chi connectivity index (χ3n) is 5.26. The summed E-state index contributed by atoms with van der Waals surface area (Å²) in [5.41, 5.74) is 1.97. The molecular weight excluding hydrogens is 394 g/mol. The highest BCUT2D eigenvalue weighted by Crippen LogP contribution is 2.38. The van der Waals surface area contributed by atoms with E-state index in [2.05, 4.69) is 15.6 Å². The van der Waals surface area contributed by atoms with E-state index in [9.17, 15) is 14.6 Å². The molecule has 0 saturated heterocycles. The fourth-order valence-corrected chi connectivity index (χ4v) is 3.57. The van der Waals surface area contributed by atoms with Crippen LogP contribution in [-0.2, 0) is 13.1 Å². The van der Waals surface area contributed by atoms with Crippen molar-refractivity contribution < 1.29 is 14.6 Å². The van der Waals surface area contributed by atoms with E-state index in [1.807, 2.05) is 6.20 Å². The second-order valence-corrected chi connectivity index (χ2v) is 7.23. The van der Waals surface area contributed by atoms with Crippen molar-refractivity contribution in [3.05, 3.63) is 47.5 Å². The number of nitrogens with zero attached hydrogens (tertiary/aromatic N) is 3. The third kappa shape index (κ3) is 5.18. The zero-order valence-electron chi connectivity index (χ0n) is 14.7. The van der Waals surface area contributed by atoms with Gasteiger partial charge in [-0.1, -0.05) is 17.3 Å². The number of halogens is 3. The van der Waals surface area contributed by atoms with Gasteiger partial charge in [-0.05, 0) is 37.0 Å². The summed E-state index contributed by atoms with van der Waals surface area (Å²) in [6.45, 7) is 1.07. The zero-order chi connectivity index (χ0) is 17.4. The summed E-state index contributed by atoms with van der Waals surface area (Å²) in [4.78, 5) is 0. The van der Waals surface area contributed by atoms with Crippen LogP contribution in [0, 0.1) is 11.7 Å². The Bertz CT molecular complexity index is 726. The number of aliphatic hydroxyl groups is 2. The Kier molecular flexibility index (Phi) is 7.59. The molecule has 0 amide bonds. The molecule has 6 nitrogen and oxygen atoms in total. The largest absolute Gasteiger partial charge is 0.390 e. The van der Waals surface area contributed by atoms with Crippen molar-refractivity contribution in [3.63, 3.8) is 0 Å². The quantitative estimate of drug-likeness (QED) is 0.668. The molecule has 4 atom stereocenters. The van der Waals surface area contributed by atoms with Crippen molar-refractivity contribution in [3.8, 4) is 0 Å². The number of aliphatic hydroxyl groups excluding tert-OH is 2. The molecule has 0 aliphatic heterocycles. The van der Waals surface area contributed by atoms with E-state index in [-0.39, 0.29) is 42.6 Å². The molecule has 0 radical (unpaired) electrons. The SMILES string of the molecule is Cl.Cl.O[C@@H]1[C@@H](Cn2cc(C3CC3)nn2)C[C@@H](NCc2ccc(F)cc2)[C@@H]1O. The van der Waals surface area contributed by atoms with Gasteiger partial charge >= 0.3 is 0 Å². The molecule has 2 fully saturated rings. The first-order chi connectivity index (χ1) is 12.1. The lowest BCUT2D eigenvalue weighted by atomic mass is 10.1. The van der Waals surface area contributed by atoms with Gasteiger partial charge in [0.05, 0.1) is 17.9 Å². The third-order valence-corrected chi connectivity index (χ3v) is 5.26. The van der Waals surface area contributed by atoms with Crippen LogP contribution < -0.4 is 5.32 Å². The van der Waals surface area contributed by atoms with Gasteiger partial charge in [0.1, 0.15) is 5.82 Å². The van der Waals surface area contributed by atoms with Gasteiger partial charge in [-0.25, -0.2) is 4.39 Å². The van der Waals surface area contributed by atoms with Crippen LogP contribution in [0.3, 0.4) is 0 Å².